The van der Waals surface area contributed by atoms with E-state index in [4.69, 9.17) is 0 Å². The minimum absolute atomic E-state index is 0.506. The van der Waals surface area contributed by atoms with E-state index in [9.17, 15) is 0 Å². The molecule has 13 heavy (non-hydrogen) atoms. The number of likely N-dealkylation sites (tertiary alicyclic amines) is 1. The lowest BCUT2D eigenvalue weighted by Gasteiger charge is -2.29. The van der Waals surface area contributed by atoms with Crippen LogP contribution < -0.4 is 0 Å². The highest BCUT2D eigenvalue weighted by Crippen LogP contribution is 2.27. The van der Waals surface area contributed by atoms with E-state index in [1.807, 2.05) is 0 Å². The Morgan fingerprint density at radius 2 is 2.08 bits per heavy atom. The lowest BCUT2D eigenvalue weighted by atomic mass is 9.88. The second-order valence-corrected chi connectivity index (χ2v) is 5.29. The van der Waals surface area contributed by atoms with Crippen LogP contribution in [0.5, 0.6) is 0 Å². The molecule has 1 nitrogen and oxygen atoms in total. The van der Waals surface area contributed by atoms with Crippen LogP contribution in [0.3, 0.4) is 0 Å². The Labute approximate surface area is 82.8 Å². The topological polar surface area (TPSA) is 3.24 Å². The maximum atomic E-state index is 3.99. The predicted octanol–water partition coefficient (Wildman–Crippen LogP) is 3.07. The quantitative estimate of drug-likeness (QED) is 0.592. The largest absolute Gasteiger partial charge is 0.299 e. The van der Waals surface area contributed by atoms with Crippen molar-refractivity contribution in [2.24, 2.45) is 5.41 Å². The zero-order valence-electron chi connectivity index (χ0n) is 9.40. The molecule has 76 valence electrons. The van der Waals surface area contributed by atoms with Gasteiger partial charge < -0.3 is 0 Å². The molecular weight excluding hydrogens is 158 g/mol. The smallest absolute Gasteiger partial charge is 0.0187 e. The zero-order valence-corrected chi connectivity index (χ0v) is 9.40. The van der Waals surface area contributed by atoms with Gasteiger partial charge in [-0.05, 0) is 31.7 Å². The van der Waals surface area contributed by atoms with E-state index in [-0.39, 0.29) is 0 Å². The Bertz CT molecular complexity index is 182. The molecule has 0 unspecified atom stereocenters. The molecular formula is C12H23N. The SMILES string of the molecule is C=C(C)CN1CCCCC(C)(C)C1. The molecule has 0 aromatic carbocycles. The fourth-order valence-electron chi connectivity index (χ4n) is 2.22. The summed E-state index contributed by atoms with van der Waals surface area (Å²) in [7, 11) is 0. The van der Waals surface area contributed by atoms with Crippen molar-refractivity contribution in [3.05, 3.63) is 12.2 Å². The van der Waals surface area contributed by atoms with E-state index in [0.29, 0.717) is 5.41 Å². The molecule has 0 aromatic heterocycles. The Kier molecular flexibility index (Phi) is 3.55. The molecule has 0 spiro atoms. The van der Waals surface area contributed by atoms with Gasteiger partial charge in [-0.15, -0.1) is 0 Å². The van der Waals surface area contributed by atoms with E-state index in [1.165, 1.54) is 37.9 Å². The van der Waals surface area contributed by atoms with Crippen molar-refractivity contribution in [1.29, 1.82) is 0 Å². The molecule has 0 N–H and O–H groups in total. The van der Waals surface area contributed by atoms with Crippen LogP contribution in [0, 0.1) is 5.41 Å². The number of hydrogen-bond acceptors (Lipinski definition) is 1. The Morgan fingerprint density at radius 1 is 1.38 bits per heavy atom. The van der Waals surface area contributed by atoms with Crippen molar-refractivity contribution in [2.45, 2.75) is 40.0 Å². The van der Waals surface area contributed by atoms with Crippen LogP contribution in [0.2, 0.25) is 0 Å². The van der Waals surface area contributed by atoms with Crippen molar-refractivity contribution in [1.82, 2.24) is 4.90 Å². The molecule has 0 aromatic rings. The summed E-state index contributed by atoms with van der Waals surface area (Å²) < 4.78 is 0. The van der Waals surface area contributed by atoms with Gasteiger partial charge in [0.25, 0.3) is 0 Å². The molecule has 0 atom stereocenters. The molecule has 0 amide bonds. The minimum Gasteiger partial charge on any atom is -0.299 e. The summed E-state index contributed by atoms with van der Waals surface area (Å²) in [6.45, 7) is 14.4. The summed E-state index contributed by atoms with van der Waals surface area (Å²) in [4.78, 5) is 2.55. The predicted molar refractivity (Wildman–Crippen MR) is 58.9 cm³/mol. The summed E-state index contributed by atoms with van der Waals surface area (Å²) in [5, 5.41) is 0. The molecule has 0 aliphatic carbocycles. The lowest BCUT2D eigenvalue weighted by Crippen LogP contribution is -2.33. The van der Waals surface area contributed by atoms with Gasteiger partial charge in [-0.1, -0.05) is 32.4 Å². The first-order valence-corrected chi connectivity index (χ1v) is 5.36. The lowest BCUT2D eigenvalue weighted by molar-refractivity contribution is 0.208. The van der Waals surface area contributed by atoms with Crippen molar-refractivity contribution in [3.8, 4) is 0 Å². The normalized spacial score (nSPS) is 23.9. The Balaban J connectivity index is 2.49. The third-order valence-electron chi connectivity index (χ3n) is 2.72. The molecule has 1 heteroatoms. The second-order valence-electron chi connectivity index (χ2n) is 5.29. The van der Waals surface area contributed by atoms with Crippen molar-refractivity contribution in [3.63, 3.8) is 0 Å². The molecule has 0 saturated carbocycles. The molecule has 1 aliphatic rings. The third-order valence-corrected chi connectivity index (χ3v) is 2.72. The van der Waals surface area contributed by atoms with Crippen molar-refractivity contribution >= 4 is 0 Å². The fraction of sp³-hybridized carbons (Fsp3) is 0.833. The zero-order chi connectivity index (χ0) is 9.90. The van der Waals surface area contributed by atoms with Gasteiger partial charge >= 0.3 is 0 Å². The average Bonchev–Trinajstić information content (AvgIpc) is 2.09. The second kappa shape index (κ2) is 4.28. The van der Waals surface area contributed by atoms with Gasteiger partial charge in [0.2, 0.25) is 0 Å². The van der Waals surface area contributed by atoms with Gasteiger partial charge in [-0.25, -0.2) is 0 Å². The minimum atomic E-state index is 0.506. The van der Waals surface area contributed by atoms with Gasteiger partial charge in [-0.2, -0.15) is 0 Å². The van der Waals surface area contributed by atoms with Gasteiger partial charge in [-0.3, -0.25) is 4.90 Å². The van der Waals surface area contributed by atoms with Crippen LogP contribution in [0.4, 0.5) is 0 Å². The maximum absolute atomic E-state index is 3.99. The molecule has 1 heterocycles. The highest BCUT2D eigenvalue weighted by atomic mass is 15.1. The number of rotatable bonds is 2. The number of hydrogen-bond donors (Lipinski definition) is 0. The van der Waals surface area contributed by atoms with Gasteiger partial charge in [0.1, 0.15) is 0 Å². The molecule has 0 radical (unpaired) electrons. The molecule has 1 aliphatic heterocycles. The molecule has 0 bridgehead atoms. The van der Waals surface area contributed by atoms with Crippen LogP contribution >= 0.6 is 0 Å². The van der Waals surface area contributed by atoms with Crippen molar-refractivity contribution < 1.29 is 0 Å². The third kappa shape index (κ3) is 3.95. The summed E-state index contributed by atoms with van der Waals surface area (Å²) in [5.74, 6) is 0. The van der Waals surface area contributed by atoms with E-state index in [0.717, 1.165) is 6.54 Å². The molecule has 1 saturated heterocycles. The van der Waals surface area contributed by atoms with Crippen LogP contribution in [-0.4, -0.2) is 24.5 Å². The van der Waals surface area contributed by atoms with Gasteiger partial charge in [0, 0.05) is 13.1 Å². The summed E-state index contributed by atoms with van der Waals surface area (Å²) in [6, 6.07) is 0. The fourth-order valence-corrected chi connectivity index (χ4v) is 2.22. The van der Waals surface area contributed by atoms with Crippen LogP contribution in [0.15, 0.2) is 12.2 Å². The van der Waals surface area contributed by atoms with E-state index >= 15 is 0 Å². The van der Waals surface area contributed by atoms with Crippen LogP contribution in [0.25, 0.3) is 0 Å². The van der Waals surface area contributed by atoms with E-state index < -0.39 is 0 Å². The Hall–Kier alpha value is -0.300. The number of nitrogens with zero attached hydrogens (tertiary/aromatic N) is 1. The van der Waals surface area contributed by atoms with Crippen LogP contribution in [0.1, 0.15) is 40.0 Å². The standard InChI is InChI=1S/C12H23N/c1-11(2)9-13-8-6-5-7-12(3,4)10-13/h1,5-10H2,2-4H3. The Morgan fingerprint density at radius 3 is 2.69 bits per heavy atom. The monoisotopic (exact) mass is 181 g/mol. The highest BCUT2D eigenvalue weighted by Gasteiger charge is 2.23. The van der Waals surface area contributed by atoms with Gasteiger partial charge in [0.05, 0.1) is 0 Å². The summed E-state index contributed by atoms with van der Waals surface area (Å²) in [5.41, 5.74) is 1.80. The van der Waals surface area contributed by atoms with Gasteiger partial charge in [0.15, 0.2) is 0 Å². The summed E-state index contributed by atoms with van der Waals surface area (Å²) in [6.07, 6.45) is 4.12. The molecule has 1 rings (SSSR count). The maximum Gasteiger partial charge on any atom is 0.0187 e. The first-order valence-electron chi connectivity index (χ1n) is 5.36. The molecule has 1 fully saturated rings. The van der Waals surface area contributed by atoms with Crippen molar-refractivity contribution in [2.75, 3.05) is 19.6 Å². The summed E-state index contributed by atoms with van der Waals surface area (Å²) >= 11 is 0. The van der Waals surface area contributed by atoms with E-state index in [1.54, 1.807) is 0 Å². The van der Waals surface area contributed by atoms with Crippen LogP contribution in [-0.2, 0) is 0 Å². The van der Waals surface area contributed by atoms with E-state index in [2.05, 4.69) is 32.3 Å². The first-order chi connectivity index (χ1) is 5.99. The first kappa shape index (κ1) is 10.8. The highest BCUT2D eigenvalue weighted by molar-refractivity contribution is 4.93. The average molecular weight is 181 g/mol.